The van der Waals surface area contributed by atoms with E-state index < -0.39 is 23.5 Å². The number of esters is 2. The largest absolute Gasteiger partial charge is 0.466 e. The number of nitrogens with zero attached hydrogens (tertiary/aromatic N) is 3. The van der Waals surface area contributed by atoms with E-state index in [1.807, 2.05) is 13.8 Å². The molecule has 0 bridgehead atoms. The predicted octanol–water partition coefficient (Wildman–Crippen LogP) is 0.537. The van der Waals surface area contributed by atoms with Crippen molar-refractivity contribution >= 4 is 34.8 Å². The summed E-state index contributed by atoms with van der Waals surface area (Å²) in [7, 11) is 0. The standard InChI is InChI=1S/C21H32N6O6/c1-12(2)16(22)20(31)33-10-14(7-8-32-15(29)6-4-5-13(3)28)9-27-11-24-17-18(27)25-21(23)26-19(17)30/h11-12,14,16H,4-10,22H2,1-3H3,(H3,23,25,26,30)/t14-,16+/m1/s1. The van der Waals surface area contributed by atoms with Gasteiger partial charge in [-0.25, -0.2) is 4.98 Å². The molecular formula is C21H32N6O6. The van der Waals surface area contributed by atoms with Crippen LogP contribution in [0.15, 0.2) is 11.1 Å². The third-order valence-corrected chi connectivity index (χ3v) is 5.10. The molecule has 0 spiro atoms. The summed E-state index contributed by atoms with van der Waals surface area (Å²) < 4.78 is 12.3. The Morgan fingerprint density at radius 1 is 1.21 bits per heavy atom. The SMILES string of the molecule is CC(=O)CCCC(=O)OCC[C@@H](COC(=O)[C@@H](N)C(C)C)Cn1cnc2c(=O)[nH]c(N)nc21. The van der Waals surface area contributed by atoms with Crippen LogP contribution >= 0.6 is 0 Å². The van der Waals surface area contributed by atoms with Gasteiger partial charge >= 0.3 is 11.9 Å². The van der Waals surface area contributed by atoms with Gasteiger partial charge in [-0.05, 0) is 25.7 Å². The molecule has 12 heteroatoms. The number of H-pyrrole nitrogens is 1. The van der Waals surface area contributed by atoms with E-state index in [-0.39, 0.29) is 48.7 Å². The Morgan fingerprint density at radius 2 is 1.94 bits per heavy atom. The molecule has 12 nitrogen and oxygen atoms in total. The first-order chi connectivity index (χ1) is 15.6. The number of nitrogen functional groups attached to an aromatic ring is 1. The Morgan fingerprint density at radius 3 is 2.61 bits per heavy atom. The average Bonchev–Trinajstić information content (AvgIpc) is 3.13. The first-order valence-electron chi connectivity index (χ1n) is 10.9. The second-order valence-corrected chi connectivity index (χ2v) is 8.35. The number of aromatic amines is 1. The molecule has 0 unspecified atom stereocenters. The Bertz CT molecular complexity index is 1030. The van der Waals surface area contributed by atoms with Crippen LogP contribution in [0.25, 0.3) is 11.2 Å². The zero-order valence-corrected chi connectivity index (χ0v) is 19.2. The molecule has 0 fully saturated rings. The lowest BCUT2D eigenvalue weighted by Gasteiger charge is -2.20. The zero-order chi connectivity index (χ0) is 24.5. The molecule has 5 N–H and O–H groups in total. The van der Waals surface area contributed by atoms with Gasteiger partial charge in [-0.1, -0.05) is 13.8 Å². The molecule has 0 saturated carbocycles. The first-order valence-corrected chi connectivity index (χ1v) is 10.9. The van der Waals surface area contributed by atoms with E-state index in [1.54, 1.807) is 4.57 Å². The van der Waals surface area contributed by atoms with Crippen molar-refractivity contribution < 1.29 is 23.9 Å². The highest BCUT2D eigenvalue weighted by atomic mass is 16.5. The smallest absolute Gasteiger partial charge is 0.323 e. The van der Waals surface area contributed by atoms with Crippen LogP contribution in [0.5, 0.6) is 0 Å². The van der Waals surface area contributed by atoms with Crippen LogP contribution in [0.4, 0.5) is 5.95 Å². The summed E-state index contributed by atoms with van der Waals surface area (Å²) in [6.45, 7) is 5.52. The quantitative estimate of drug-likeness (QED) is 0.353. The van der Waals surface area contributed by atoms with Crippen LogP contribution in [0, 0.1) is 11.8 Å². The van der Waals surface area contributed by atoms with Crippen molar-refractivity contribution in [1.29, 1.82) is 0 Å². The normalized spacial score (nSPS) is 13.1. The van der Waals surface area contributed by atoms with Gasteiger partial charge < -0.3 is 30.3 Å². The highest BCUT2D eigenvalue weighted by Crippen LogP contribution is 2.14. The maximum Gasteiger partial charge on any atom is 0.323 e. The molecule has 2 aromatic heterocycles. The highest BCUT2D eigenvalue weighted by Gasteiger charge is 2.22. The van der Waals surface area contributed by atoms with Crippen LogP contribution in [0.1, 0.15) is 46.5 Å². The summed E-state index contributed by atoms with van der Waals surface area (Å²) in [4.78, 5) is 57.7. The number of rotatable bonds is 13. The van der Waals surface area contributed by atoms with Gasteiger partial charge in [0.25, 0.3) is 5.56 Å². The number of nitrogens with one attached hydrogen (secondary N) is 1. The minimum atomic E-state index is -0.751. The van der Waals surface area contributed by atoms with Gasteiger partial charge in [0.1, 0.15) is 11.8 Å². The van der Waals surface area contributed by atoms with Crippen LogP contribution in [0.2, 0.25) is 0 Å². The Hall–Kier alpha value is -3.28. The van der Waals surface area contributed by atoms with E-state index in [2.05, 4.69) is 15.0 Å². The fraction of sp³-hybridized carbons (Fsp3) is 0.619. The van der Waals surface area contributed by atoms with Crippen molar-refractivity contribution in [2.75, 3.05) is 18.9 Å². The highest BCUT2D eigenvalue weighted by molar-refractivity contribution is 5.76. The van der Waals surface area contributed by atoms with Crippen molar-refractivity contribution in [3.8, 4) is 0 Å². The van der Waals surface area contributed by atoms with Crippen molar-refractivity contribution in [1.82, 2.24) is 19.5 Å². The lowest BCUT2D eigenvalue weighted by molar-refractivity contribution is -0.149. The molecule has 2 aromatic rings. The van der Waals surface area contributed by atoms with Gasteiger partial charge in [0.15, 0.2) is 11.2 Å². The maximum atomic E-state index is 12.2. The zero-order valence-electron chi connectivity index (χ0n) is 19.2. The topological polar surface area (TPSA) is 185 Å². The molecule has 0 aliphatic heterocycles. The Kier molecular flexibility index (Phi) is 9.52. The second kappa shape index (κ2) is 12.1. The van der Waals surface area contributed by atoms with Gasteiger partial charge in [-0.3, -0.25) is 19.4 Å². The van der Waals surface area contributed by atoms with Gasteiger partial charge in [0, 0.05) is 25.3 Å². The number of aromatic nitrogens is 4. The first kappa shape index (κ1) is 26.0. The average molecular weight is 465 g/mol. The van der Waals surface area contributed by atoms with Crippen LogP contribution in [-0.4, -0.2) is 56.5 Å². The number of ether oxygens (including phenoxy) is 2. The van der Waals surface area contributed by atoms with Crippen molar-refractivity contribution in [2.24, 2.45) is 17.6 Å². The lowest BCUT2D eigenvalue weighted by atomic mass is 10.1. The fourth-order valence-corrected chi connectivity index (χ4v) is 3.07. The number of carbonyl (C=O) groups is 3. The molecule has 33 heavy (non-hydrogen) atoms. The van der Waals surface area contributed by atoms with Crippen molar-refractivity contribution in [2.45, 2.75) is 59.0 Å². The van der Waals surface area contributed by atoms with Gasteiger partial charge in [-0.15, -0.1) is 0 Å². The third-order valence-electron chi connectivity index (χ3n) is 5.10. The molecule has 0 aromatic carbocycles. The van der Waals surface area contributed by atoms with E-state index in [4.69, 9.17) is 20.9 Å². The van der Waals surface area contributed by atoms with E-state index in [0.717, 1.165) is 0 Å². The third kappa shape index (κ3) is 7.97. The van der Waals surface area contributed by atoms with Gasteiger partial charge in [-0.2, -0.15) is 4.98 Å². The summed E-state index contributed by atoms with van der Waals surface area (Å²) in [6, 6.07) is -0.751. The molecular weight excluding hydrogens is 432 g/mol. The number of hydrogen-bond acceptors (Lipinski definition) is 10. The summed E-state index contributed by atoms with van der Waals surface area (Å²) >= 11 is 0. The minimum absolute atomic E-state index is 0.0185. The molecule has 2 rings (SSSR count). The van der Waals surface area contributed by atoms with Crippen LogP contribution in [0.3, 0.4) is 0 Å². The van der Waals surface area contributed by atoms with Crippen molar-refractivity contribution in [3.63, 3.8) is 0 Å². The van der Waals surface area contributed by atoms with E-state index in [0.29, 0.717) is 31.5 Å². The molecule has 0 amide bonds. The van der Waals surface area contributed by atoms with Crippen LogP contribution in [-0.2, 0) is 30.4 Å². The van der Waals surface area contributed by atoms with Gasteiger partial charge in [0.05, 0.1) is 19.5 Å². The summed E-state index contributed by atoms with van der Waals surface area (Å²) in [5.41, 5.74) is 11.5. The molecule has 0 radical (unpaired) electrons. The van der Waals surface area contributed by atoms with Crippen molar-refractivity contribution in [3.05, 3.63) is 16.7 Å². The number of hydrogen-bond donors (Lipinski definition) is 3. The summed E-state index contributed by atoms with van der Waals surface area (Å²) in [6.07, 6.45) is 2.74. The van der Waals surface area contributed by atoms with E-state index >= 15 is 0 Å². The Balaban J connectivity index is 2.04. The van der Waals surface area contributed by atoms with Crippen LogP contribution < -0.4 is 17.0 Å². The summed E-state index contributed by atoms with van der Waals surface area (Å²) in [5.74, 6) is -1.31. The van der Waals surface area contributed by atoms with E-state index in [9.17, 15) is 19.2 Å². The second-order valence-electron chi connectivity index (χ2n) is 8.35. The molecule has 2 atom stereocenters. The number of nitrogens with two attached hydrogens (primary N) is 2. The maximum absolute atomic E-state index is 12.2. The number of imidazole rings is 1. The summed E-state index contributed by atoms with van der Waals surface area (Å²) in [5, 5.41) is 0. The number of anilines is 1. The van der Waals surface area contributed by atoms with E-state index in [1.165, 1.54) is 13.3 Å². The number of fused-ring (bicyclic) bond motifs is 1. The predicted molar refractivity (Wildman–Crippen MR) is 120 cm³/mol. The molecule has 0 saturated heterocycles. The lowest BCUT2D eigenvalue weighted by Crippen LogP contribution is -2.38. The number of carbonyl (C=O) groups excluding carboxylic acids is 3. The number of Topliss-reactive ketones (excluding diaryl/α,β-unsaturated/α-hetero) is 1. The molecule has 182 valence electrons. The number of ketones is 1. The fourth-order valence-electron chi connectivity index (χ4n) is 3.07. The monoisotopic (exact) mass is 464 g/mol. The minimum Gasteiger partial charge on any atom is -0.466 e. The molecule has 2 heterocycles. The van der Waals surface area contributed by atoms with Gasteiger partial charge in [0.2, 0.25) is 5.95 Å². The molecule has 0 aliphatic carbocycles. The Labute approximate surface area is 191 Å². The molecule has 0 aliphatic rings.